The minimum absolute atomic E-state index is 0. The van der Waals surface area contributed by atoms with Crippen LogP contribution in [0.2, 0.25) is 0 Å². The fourth-order valence-electron chi connectivity index (χ4n) is 7.72. The van der Waals surface area contributed by atoms with Crippen LogP contribution in [-0.2, 0) is 46.5 Å². The van der Waals surface area contributed by atoms with Gasteiger partial charge in [-0.15, -0.1) is 0 Å². The molecule has 62 heavy (non-hydrogen) atoms. The van der Waals surface area contributed by atoms with Crippen LogP contribution < -0.4 is 14.8 Å². The molecule has 0 bridgehead atoms. The molecule has 0 atom stereocenters. The van der Waals surface area contributed by atoms with Crippen molar-refractivity contribution in [2.24, 2.45) is 14.1 Å². The van der Waals surface area contributed by atoms with Gasteiger partial charge in [0.15, 0.2) is 0 Å². The molecule has 0 aliphatic rings. The number of hydrogen-bond donors (Lipinski definition) is 2. The highest BCUT2D eigenvalue weighted by Gasteiger charge is 2.16. The maximum atomic E-state index is 14.1. The number of nitrogens with zero attached hydrogens (tertiary/aromatic N) is 8. The van der Waals surface area contributed by atoms with Crippen LogP contribution in [0.25, 0.3) is 33.5 Å². The molecule has 0 amide bonds. The Balaban J connectivity index is 0.000000204. The van der Waals surface area contributed by atoms with E-state index in [1.165, 1.54) is 29.8 Å². The lowest BCUT2D eigenvalue weighted by molar-refractivity contribution is 0.272. The average molecular weight is 846 g/mol. The van der Waals surface area contributed by atoms with Crippen molar-refractivity contribution < 1.29 is 23.4 Å². The van der Waals surface area contributed by atoms with E-state index in [1.807, 2.05) is 100 Å². The Labute approximate surface area is 361 Å². The molecule has 6 aromatic heterocycles. The van der Waals surface area contributed by atoms with Crippen LogP contribution in [0.15, 0.2) is 85.5 Å². The monoisotopic (exact) mass is 845 g/mol. The summed E-state index contributed by atoms with van der Waals surface area (Å²) >= 11 is 0. The highest BCUT2D eigenvalue weighted by molar-refractivity contribution is 5.72. The molecule has 326 valence electrons. The average Bonchev–Trinajstić information content (AvgIpc) is 3.99. The quantitative estimate of drug-likeness (QED) is 0.105. The largest absolute Gasteiger partial charge is 0.493 e. The molecule has 0 fully saturated rings. The number of rotatable bonds is 15. The maximum Gasteiger partial charge on any atom is 0.136 e. The Kier molecular flexibility index (Phi) is 14.6. The number of aliphatic hydroxyl groups excluding tert-OH is 1. The Morgan fingerprint density at radius 1 is 0.677 bits per heavy atom. The predicted octanol–water partition coefficient (Wildman–Crippen LogP) is 8.72. The van der Waals surface area contributed by atoms with Crippen LogP contribution in [0, 0.1) is 32.4 Å². The maximum absolute atomic E-state index is 14.1. The van der Waals surface area contributed by atoms with Crippen molar-refractivity contribution in [3.05, 3.63) is 142 Å². The van der Waals surface area contributed by atoms with Gasteiger partial charge in [0.1, 0.15) is 34.4 Å². The molecule has 0 saturated heterocycles. The van der Waals surface area contributed by atoms with Crippen LogP contribution >= 0.6 is 0 Å². The molecule has 2 N–H and O–H groups in total. The van der Waals surface area contributed by atoms with Gasteiger partial charge < -0.3 is 28.7 Å². The number of ether oxygens (including phenoxy) is 2. The van der Waals surface area contributed by atoms with E-state index in [9.17, 15) is 13.9 Å². The second kappa shape index (κ2) is 20.0. The summed E-state index contributed by atoms with van der Waals surface area (Å²) in [5, 5.41) is 21.5. The van der Waals surface area contributed by atoms with Crippen molar-refractivity contribution in [3.8, 4) is 33.8 Å². The molecule has 0 spiro atoms. The fourth-order valence-corrected chi connectivity index (χ4v) is 7.72. The first-order valence-electron chi connectivity index (χ1n) is 20.5. The fraction of sp³-hybridized carbons (Fsp3) is 0.333. The van der Waals surface area contributed by atoms with Crippen LogP contribution in [0.4, 0.5) is 8.78 Å². The van der Waals surface area contributed by atoms with Crippen molar-refractivity contribution in [2.45, 2.75) is 74.0 Å². The number of aliphatic hydroxyl groups is 1. The molecular formula is C48H57F2N9O3. The Morgan fingerprint density at radius 3 is 1.90 bits per heavy atom. The van der Waals surface area contributed by atoms with Gasteiger partial charge in [-0.25, -0.2) is 18.7 Å². The number of aromatic nitrogens is 8. The molecule has 6 heterocycles. The number of fused-ring (bicyclic) bond motifs is 2. The zero-order valence-electron chi connectivity index (χ0n) is 35.8. The molecule has 2 aromatic carbocycles. The number of aryl methyl sites for hydroxylation is 4. The summed E-state index contributed by atoms with van der Waals surface area (Å²) in [6.07, 6.45) is 11.0. The number of imidazole rings is 2. The van der Waals surface area contributed by atoms with Crippen molar-refractivity contribution in [1.29, 1.82) is 0 Å². The van der Waals surface area contributed by atoms with Gasteiger partial charge in [-0.2, -0.15) is 10.2 Å². The lowest BCUT2D eigenvalue weighted by Crippen LogP contribution is -2.07. The van der Waals surface area contributed by atoms with Gasteiger partial charge in [-0.1, -0.05) is 20.8 Å². The molecule has 14 heteroatoms. The molecule has 8 rings (SSSR count). The van der Waals surface area contributed by atoms with Crippen LogP contribution in [-0.4, -0.2) is 63.7 Å². The minimum atomic E-state index is -0.318. The Hall–Kier alpha value is -6.38. The highest BCUT2D eigenvalue weighted by Crippen LogP contribution is 2.33. The second-order valence-corrected chi connectivity index (χ2v) is 15.1. The lowest BCUT2D eigenvalue weighted by Gasteiger charge is -2.13. The predicted molar refractivity (Wildman–Crippen MR) is 240 cm³/mol. The molecule has 0 aliphatic heterocycles. The van der Waals surface area contributed by atoms with E-state index in [0.717, 1.165) is 74.9 Å². The number of nitrogens with one attached hydrogen (secondary N) is 1. The first-order chi connectivity index (χ1) is 29.5. The number of hydrogen-bond acceptors (Lipinski definition) is 8. The molecule has 0 unspecified atom stereocenters. The summed E-state index contributed by atoms with van der Waals surface area (Å²) in [6, 6.07) is 17.1. The number of benzene rings is 2. The van der Waals surface area contributed by atoms with E-state index < -0.39 is 0 Å². The van der Waals surface area contributed by atoms with E-state index in [2.05, 4.69) is 36.8 Å². The SMILES string of the molecule is C.CCCc1cnc2ccc(-c3cc(F)ccc3OCCc3c(CO)nn(C)c3C)cn12.CNCc1cnc2ccc(-c3ccc(F)cc3OCCc3c(C)nn(C)c3C)cn12. The van der Waals surface area contributed by atoms with Crippen molar-refractivity contribution >= 4 is 11.3 Å². The summed E-state index contributed by atoms with van der Waals surface area (Å²) in [6.45, 7) is 9.60. The first kappa shape index (κ1) is 45.2. The molecular weight excluding hydrogens is 789 g/mol. The van der Waals surface area contributed by atoms with Crippen molar-refractivity contribution in [3.63, 3.8) is 0 Å². The van der Waals surface area contributed by atoms with Gasteiger partial charge in [-0.05, 0) is 94.4 Å². The summed E-state index contributed by atoms with van der Waals surface area (Å²) in [5.41, 5.74) is 13.2. The molecule has 0 saturated carbocycles. The van der Waals surface area contributed by atoms with E-state index >= 15 is 0 Å². The summed E-state index contributed by atoms with van der Waals surface area (Å²) in [5.74, 6) is 0.517. The van der Waals surface area contributed by atoms with Gasteiger partial charge in [0.2, 0.25) is 0 Å². The summed E-state index contributed by atoms with van der Waals surface area (Å²) < 4.78 is 48.0. The number of halogens is 2. The lowest BCUT2D eigenvalue weighted by atomic mass is 10.1. The third-order valence-electron chi connectivity index (χ3n) is 11.1. The van der Waals surface area contributed by atoms with Gasteiger partial charge in [0.25, 0.3) is 0 Å². The second-order valence-electron chi connectivity index (χ2n) is 15.1. The zero-order chi connectivity index (χ0) is 43.2. The van der Waals surface area contributed by atoms with E-state index in [-0.39, 0.29) is 25.7 Å². The van der Waals surface area contributed by atoms with Gasteiger partial charge in [0.05, 0.1) is 43.1 Å². The normalized spacial score (nSPS) is 11.2. The Morgan fingerprint density at radius 2 is 1.26 bits per heavy atom. The van der Waals surface area contributed by atoms with E-state index in [4.69, 9.17) is 9.47 Å². The van der Waals surface area contributed by atoms with Crippen molar-refractivity contribution in [1.82, 2.24) is 43.6 Å². The van der Waals surface area contributed by atoms with E-state index in [0.29, 0.717) is 55.4 Å². The van der Waals surface area contributed by atoms with E-state index in [1.54, 1.807) is 16.8 Å². The molecule has 8 aromatic rings. The third kappa shape index (κ3) is 9.72. The minimum Gasteiger partial charge on any atom is -0.493 e. The summed E-state index contributed by atoms with van der Waals surface area (Å²) in [4.78, 5) is 8.89. The van der Waals surface area contributed by atoms with Crippen LogP contribution in [0.1, 0.15) is 66.1 Å². The van der Waals surface area contributed by atoms with Gasteiger partial charge >= 0.3 is 0 Å². The summed E-state index contributed by atoms with van der Waals surface area (Å²) in [7, 11) is 5.70. The zero-order valence-corrected chi connectivity index (χ0v) is 35.8. The van der Waals surface area contributed by atoms with Crippen molar-refractivity contribution in [2.75, 3.05) is 20.3 Å². The highest BCUT2D eigenvalue weighted by atomic mass is 19.1. The first-order valence-corrected chi connectivity index (χ1v) is 20.5. The van der Waals surface area contributed by atoms with Gasteiger partial charge in [-0.3, -0.25) is 9.36 Å². The molecule has 12 nitrogen and oxygen atoms in total. The molecule has 0 radical (unpaired) electrons. The smallest absolute Gasteiger partial charge is 0.136 e. The molecule has 0 aliphatic carbocycles. The Bertz CT molecular complexity index is 2780. The van der Waals surface area contributed by atoms with Gasteiger partial charge in [0, 0.05) is 103 Å². The third-order valence-corrected chi connectivity index (χ3v) is 11.1. The van der Waals surface area contributed by atoms with Crippen LogP contribution in [0.5, 0.6) is 11.5 Å². The number of pyridine rings is 2. The topological polar surface area (TPSA) is 121 Å². The van der Waals surface area contributed by atoms with Crippen LogP contribution in [0.3, 0.4) is 0 Å². The standard InChI is InChI=1S/C24H27FN4O2.C23H26FN5O.CH4/c1-4-5-19-13-26-24-9-6-17(14-29(19)24)21-12-18(25)7-8-23(21)31-11-10-20-16(2)28(3)27-22(20)15-30;1-15-20(16(2)28(4)27-15)9-10-30-22-11-18(24)6-7-21(22)17-5-8-23-26-13-19(12-25-3)29(23)14-17;/h6-9,12-14,30H,4-5,10-11,15H2,1-3H3;5-8,11,13-14,25H,9-10,12H2,1-4H3;1H4.